The van der Waals surface area contributed by atoms with E-state index >= 15 is 0 Å². The van der Waals surface area contributed by atoms with E-state index in [1.165, 1.54) is 32.1 Å². The van der Waals surface area contributed by atoms with Crippen molar-refractivity contribution in [3.8, 4) is 0 Å². The second-order valence-corrected chi connectivity index (χ2v) is 6.91. The average Bonchev–Trinajstić information content (AvgIpc) is 2.24. The van der Waals surface area contributed by atoms with Crippen LogP contribution in [0, 0.1) is 5.41 Å². The molecule has 0 saturated carbocycles. The van der Waals surface area contributed by atoms with Crippen LogP contribution in [-0.4, -0.2) is 12.0 Å². The number of allylic oxidation sites excluding steroid dienone is 3. The third kappa shape index (κ3) is 4.54. The predicted molar refractivity (Wildman–Crippen MR) is 81.7 cm³/mol. The molecule has 0 radical (unpaired) electrons. The minimum atomic E-state index is 0.447. The fraction of sp³-hybridized carbons (Fsp3) is 0.750. The van der Waals surface area contributed by atoms with E-state index in [1.807, 2.05) is 11.8 Å². The number of hydrogen-bond donors (Lipinski definition) is 0. The molecule has 0 atom stereocenters. The fourth-order valence-corrected chi connectivity index (χ4v) is 3.33. The Balaban J connectivity index is 2.61. The average molecular weight is 252 g/mol. The van der Waals surface area contributed by atoms with Crippen molar-refractivity contribution < 1.29 is 0 Å². The van der Waals surface area contributed by atoms with E-state index in [-0.39, 0.29) is 0 Å². The van der Waals surface area contributed by atoms with Crippen LogP contribution in [0.25, 0.3) is 0 Å². The van der Waals surface area contributed by atoms with Gasteiger partial charge in [-0.05, 0) is 57.6 Å². The van der Waals surface area contributed by atoms with E-state index in [4.69, 9.17) is 0 Å². The number of thioether (sulfide) groups is 1. The van der Waals surface area contributed by atoms with Gasteiger partial charge < -0.3 is 0 Å². The Morgan fingerprint density at radius 1 is 1.41 bits per heavy atom. The zero-order valence-electron chi connectivity index (χ0n) is 12.2. The maximum atomic E-state index is 2.42. The summed E-state index contributed by atoms with van der Waals surface area (Å²) in [5.74, 6) is 1.16. The molecule has 0 amide bonds. The van der Waals surface area contributed by atoms with Crippen molar-refractivity contribution in [1.29, 1.82) is 0 Å². The normalized spacial score (nSPS) is 20.9. The standard InChI is InChI=1S/C16H28S/c1-13(10-12-17-5)8-9-15-14(2)7-6-11-16(15,3)4/h10H,6-9,11-12H2,1-5H3/b13-10-. The molecule has 0 heterocycles. The maximum absolute atomic E-state index is 2.42. The summed E-state index contributed by atoms with van der Waals surface area (Å²) in [5.41, 5.74) is 5.41. The Bertz CT molecular complexity index is 307. The van der Waals surface area contributed by atoms with Crippen molar-refractivity contribution in [2.45, 2.75) is 59.8 Å². The van der Waals surface area contributed by atoms with Crippen molar-refractivity contribution in [3.05, 3.63) is 22.8 Å². The Kier molecular flexibility index (Phi) is 5.85. The Morgan fingerprint density at radius 2 is 2.12 bits per heavy atom. The summed E-state index contributed by atoms with van der Waals surface area (Å²) in [5, 5.41) is 0. The summed E-state index contributed by atoms with van der Waals surface area (Å²) in [7, 11) is 0. The Hall–Kier alpha value is -0.170. The second kappa shape index (κ2) is 6.68. The van der Waals surface area contributed by atoms with Crippen molar-refractivity contribution in [2.24, 2.45) is 5.41 Å². The van der Waals surface area contributed by atoms with Crippen LogP contribution in [0.5, 0.6) is 0 Å². The van der Waals surface area contributed by atoms with Crippen molar-refractivity contribution >= 4 is 11.8 Å². The molecule has 0 nitrogen and oxygen atoms in total. The first-order chi connectivity index (χ1) is 7.97. The molecule has 1 heteroatoms. The zero-order valence-corrected chi connectivity index (χ0v) is 13.0. The van der Waals surface area contributed by atoms with E-state index < -0.39 is 0 Å². The first kappa shape index (κ1) is 14.9. The smallest absolute Gasteiger partial charge is 0.0113 e. The van der Waals surface area contributed by atoms with Gasteiger partial charge in [-0.15, -0.1) is 0 Å². The van der Waals surface area contributed by atoms with E-state index in [9.17, 15) is 0 Å². The topological polar surface area (TPSA) is 0 Å². The molecule has 0 bridgehead atoms. The zero-order chi connectivity index (χ0) is 12.9. The summed E-state index contributed by atoms with van der Waals surface area (Å²) in [4.78, 5) is 0. The summed E-state index contributed by atoms with van der Waals surface area (Å²) in [6.07, 6.45) is 11.1. The highest BCUT2D eigenvalue weighted by Gasteiger charge is 2.27. The van der Waals surface area contributed by atoms with Gasteiger partial charge in [0, 0.05) is 5.75 Å². The molecule has 1 aliphatic rings. The lowest BCUT2D eigenvalue weighted by Crippen LogP contribution is -2.20. The highest BCUT2D eigenvalue weighted by molar-refractivity contribution is 7.98. The minimum Gasteiger partial charge on any atom is -0.161 e. The van der Waals surface area contributed by atoms with Crippen LogP contribution in [0.3, 0.4) is 0 Å². The maximum Gasteiger partial charge on any atom is 0.0113 e. The predicted octanol–water partition coefficient (Wildman–Crippen LogP) is 5.60. The molecule has 17 heavy (non-hydrogen) atoms. The van der Waals surface area contributed by atoms with E-state index in [1.54, 1.807) is 16.7 Å². The second-order valence-electron chi connectivity index (χ2n) is 6.00. The third-order valence-electron chi connectivity index (χ3n) is 4.05. The summed E-state index contributed by atoms with van der Waals surface area (Å²) in [6, 6.07) is 0. The van der Waals surface area contributed by atoms with Gasteiger partial charge in [-0.1, -0.05) is 36.6 Å². The van der Waals surface area contributed by atoms with Crippen molar-refractivity contribution in [2.75, 3.05) is 12.0 Å². The summed E-state index contributed by atoms with van der Waals surface area (Å²) in [6.45, 7) is 9.47. The highest BCUT2D eigenvalue weighted by atomic mass is 32.2. The van der Waals surface area contributed by atoms with Crippen molar-refractivity contribution in [3.63, 3.8) is 0 Å². The van der Waals surface area contributed by atoms with Gasteiger partial charge >= 0.3 is 0 Å². The molecular formula is C16H28S. The van der Waals surface area contributed by atoms with Gasteiger partial charge in [-0.3, -0.25) is 0 Å². The molecule has 0 spiro atoms. The van der Waals surface area contributed by atoms with Crippen LogP contribution in [0.1, 0.15) is 59.8 Å². The summed E-state index contributed by atoms with van der Waals surface area (Å²) < 4.78 is 0. The monoisotopic (exact) mass is 252 g/mol. The van der Waals surface area contributed by atoms with E-state index in [2.05, 4.69) is 40.0 Å². The fourth-order valence-electron chi connectivity index (χ4n) is 2.88. The molecule has 0 aromatic rings. The first-order valence-electron chi connectivity index (χ1n) is 6.81. The third-order valence-corrected chi connectivity index (χ3v) is 4.55. The number of hydrogen-bond acceptors (Lipinski definition) is 1. The van der Waals surface area contributed by atoms with Crippen LogP contribution in [0.2, 0.25) is 0 Å². The first-order valence-corrected chi connectivity index (χ1v) is 8.20. The minimum absolute atomic E-state index is 0.447. The van der Waals surface area contributed by atoms with Gasteiger partial charge in [0.2, 0.25) is 0 Å². The van der Waals surface area contributed by atoms with Crippen LogP contribution in [-0.2, 0) is 0 Å². The molecule has 0 saturated heterocycles. The molecule has 0 aromatic carbocycles. The number of rotatable bonds is 5. The molecule has 0 aliphatic heterocycles. The Labute approximate surface area is 112 Å². The molecule has 1 rings (SSSR count). The molecular weight excluding hydrogens is 224 g/mol. The lowest BCUT2D eigenvalue weighted by atomic mass is 9.71. The van der Waals surface area contributed by atoms with Crippen LogP contribution < -0.4 is 0 Å². The van der Waals surface area contributed by atoms with Crippen LogP contribution >= 0.6 is 11.8 Å². The van der Waals surface area contributed by atoms with Crippen LogP contribution in [0.15, 0.2) is 22.8 Å². The largest absolute Gasteiger partial charge is 0.161 e. The van der Waals surface area contributed by atoms with Gasteiger partial charge in [-0.25, -0.2) is 0 Å². The van der Waals surface area contributed by atoms with Crippen molar-refractivity contribution in [1.82, 2.24) is 0 Å². The van der Waals surface area contributed by atoms with Gasteiger partial charge in [-0.2, -0.15) is 11.8 Å². The SMILES string of the molecule is CSC/C=C(/C)CCC1=C(C)CCCC1(C)C. The molecule has 98 valence electrons. The van der Waals surface area contributed by atoms with Gasteiger partial charge in [0.1, 0.15) is 0 Å². The Morgan fingerprint density at radius 3 is 2.71 bits per heavy atom. The molecule has 0 N–H and O–H groups in total. The van der Waals surface area contributed by atoms with Crippen LogP contribution in [0.4, 0.5) is 0 Å². The van der Waals surface area contributed by atoms with E-state index in [0.29, 0.717) is 5.41 Å². The lowest BCUT2D eigenvalue weighted by Gasteiger charge is -2.34. The van der Waals surface area contributed by atoms with Gasteiger partial charge in [0.05, 0.1) is 0 Å². The molecule has 1 aliphatic carbocycles. The molecule has 0 fully saturated rings. The lowest BCUT2D eigenvalue weighted by molar-refractivity contribution is 0.354. The van der Waals surface area contributed by atoms with Gasteiger partial charge in [0.15, 0.2) is 0 Å². The van der Waals surface area contributed by atoms with E-state index in [0.717, 1.165) is 5.75 Å². The molecule has 0 unspecified atom stereocenters. The van der Waals surface area contributed by atoms with Gasteiger partial charge in [0.25, 0.3) is 0 Å². The molecule has 0 aromatic heterocycles. The highest BCUT2D eigenvalue weighted by Crippen LogP contribution is 2.42. The summed E-state index contributed by atoms with van der Waals surface area (Å²) >= 11 is 1.90. The quantitative estimate of drug-likeness (QED) is 0.574.